The van der Waals surface area contributed by atoms with Crippen molar-refractivity contribution in [1.29, 1.82) is 0 Å². The van der Waals surface area contributed by atoms with E-state index >= 15 is 0 Å². The highest BCUT2D eigenvalue weighted by Gasteiger charge is 2.40. The smallest absolute Gasteiger partial charge is 0.408 e. The summed E-state index contributed by atoms with van der Waals surface area (Å²) < 4.78 is 48.3. The molecule has 13 heteroatoms. The topological polar surface area (TPSA) is 132 Å². The molecule has 3 rings (SSSR count). The molecule has 1 aromatic heterocycles. The molecule has 0 spiro atoms. The summed E-state index contributed by atoms with van der Waals surface area (Å²) in [4.78, 5) is 31.8. The molecule has 1 unspecified atom stereocenters. The van der Waals surface area contributed by atoms with Crippen molar-refractivity contribution >= 4 is 33.4 Å². The molecule has 3 atom stereocenters. The van der Waals surface area contributed by atoms with Gasteiger partial charge in [0.05, 0.1) is 22.4 Å². The van der Waals surface area contributed by atoms with Crippen molar-refractivity contribution in [2.24, 2.45) is 0 Å². The minimum atomic E-state index is -3.48. The number of allylic oxidation sites excluding steroid dienone is 1. The van der Waals surface area contributed by atoms with E-state index in [1.54, 1.807) is 20.8 Å². The Bertz CT molecular complexity index is 1280. The predicted molar refractivity (Wildman–Crippen MR) is 135 cm³/mol. The minimum absolute atomic E-state index is 0.00330. The number of likely N-dealkylation sites (tertiary alicyclic amines) is 1. The van der Waals surface area contributed by atoms with Crippen molar-refractivity contribution in [3.63, 3.8) is 0 Å². The van der Waals surface area contributed by atoms with E-state index in [9.17, 15) is 22.4 Å². The van der Waals surface area contributed by atoms with Crippen LogP contribution in [0.5, 0.6) is 0 Å². The number of carbonyl (C=O) groups is 2. The largest absolute Gasteiger partial charge is 0.444 e. The monoisotopic (exact) mass is 556 g/mol. The van der Waals surface area contributed by atoms with Gasteiger partial charge in [0.15, 0.2) is 9.84 Å². The molecule has 1 aliphatic heterocycles. The van der Waals surface area contributed by atoms with Gasteiger partial charge in [-0.05, 0) is 51.8 Å². The van der Waals surface area contributed by atoms with Crippen LogP contribution in [0.25, 0.3) is 11.4 Å². The predicted octanol–water partition coefficient (Wildman–Crippen LogP) is 3.92. The Hall–Kier alpha value is -2.99. The number of halogens is 2. The number of amides is 2. The van der Waals surface area contributed by atoms with Crippen LogP contribution in [0.2, 0.25) is 5.02 Å². The maximum absolute atomic E-state index is 13.9. The standard InChI is InChI=1S/C24H30ClFN4O6S/c1-6-7-17(19(27-23(32)35-24(2,3)4)22(31)30-11-10-14(26)13-30)21-28-20(29-36-21)16-9-8-15(12-18(16)25)37(5,33)34/h6,8-9,12,14,17,19H,1,7,10-11,13H2,2-5H3,(H,27,32)/t14-,17?,19-/m0/s1. The van der Waals surface area contributed by atoms with Gasteiger partial charge in [-0.15, -0.1) is 6.58 Å². The summed E-state index contributed by atoms with van der Waals surface area (Å²) in [7, 11) is -3.48. The molecule has 1 fully saturated rings. The second-order valence-corrected chi connectivity index (χ2v) is 12.2. The number of ether oxygens (including phenoxy) is 1. The molecule has 0 bridgehead atoms. The number of aromatic nitrogens is 2. The number of carbonyl (C=O) groups excluding carboxylic acids is 2. The van der Waals surface area contributed by atoms with Gasteiger partial charge in [-0.3, -0.25) is 4.79 Å². The van der Waals surface area contributed by atoms with Gasteiger partial charge in [-0.1, -0.05) is 22.8 Å². The molecule has 1 N–H and O–H groups in total. The molecule has 2 aromatic rings. The van der Waals surface area contributed by atoms with Gasteiger partial charge < -0.3 is 19.5 Å². The van der Waals surface area contributed by atoms with Crippen LogP contribution in [0.1, 0.15) is 45.4 Å². The molecule has 1 saturated heterocycles. The van der Waals surface area contributed by atoms with Crippen molar-refractivity contribution < 1.29 is 31.7 Å². The molecular formula is C24H30ClFN4O6S. The Balaban J connectivity index is 1.97. The van der Waals surface area contributed by atoms with Crippen LogP contribution in [0.3, 0.4) is 0 Å². The Kier molecular flexibility index (Phi) is 8.63. The quantitative estimate of drug-likeness (QED) is 0.484. The number of alkyl halides is 1. The molecule has 0 radical (unpaired) electrons. The van der Waals surface area contributed by atoms with Crippen LogP contribution in [0.15, 0.2) is 40.3 Å². The molecule has 10 nitrogen and oxygen atoms in total. The molecule has 0 aliphatic carbocycles. The van der Waals surface area contributed by atoms with Gasteiger partial charge >= 0.3 is 6.09 Å². The lowest BCUT2D eigenvalue weighted by Gasteiger charge is -2.29. The average Bonchev–Trinajstić information content (AvgIpc) is 3.43. The Morgan fingerprint density at radius 3 is 2.65 bits per heavy atom. The lowest BCUT2D eigenvalue weighted by molar-refractivity contribution is -0.133. The number of alkyl carbamates (subject to hydrolysis) is 1. The summed E-state index contributed by atoms with van der Waals surface area (Å²) in [5.74, 6) is -1.31. The third-order valence-corrected chi connectivity index (χ3v) is 7.00. The van der Waals surface area contributed by atoms with E-state index in [0.717, 1.165) is 6.26 Å². The second-order valence-electron chi connectivity index (χ2n) is 9.80. The second kappa shape index (κ2) is 11.2. The van der Waals surface area contributed by atoms with Crippen LogP contribution in [-0.4, -0.2) is 72.6 Å². The lowest BCUT2D eigenvalue weighted by atomic mass is 9.94. The van der Waals surface area contributed by atoms with Gasteiger partial charge in [-0.2, -0.15) is 4.98 Å². The molecule has 0 saturated carbocycles. The van der Waals surface area contributed by atoms with Crippen LogP contribution < -0.4 is 5.32 Å². The highest BCUT2D eigenvalue weighted by atomic mass is 35.5. The minimum Gasteiger partial charge on any atom is -0.444 e. The average molecular weight is 557 g/mol. The number of benzene rings is 1. The molecule has 37 heavy (non-hydrogen) atoms. The van der Waals surface area contributed by atoms with E-state index in [4.69, 9.17) is 20.9 Å². The van der Waals surface area contributed by atoms with E-state index in [2.05, 4.69) is 22.0 Å². The Morgan fingerprint density at radius 2 is 2.11 bits per heavy atom. The maximum Gasteiger partial charge on any atom is 0.408 e. The van der Waals surface area contributed by atoms with Gasteiger partial charge in [0.1, 0.15) is 17.8 Å². The zero-order valence-electron chi connectivity index (χ0n) is 21.0. The zero-order chi connectivity index (χ0) is 27.5. The number of sulfone groups is 1. The highest BCUT2D eigenvalue weighted by Crippen LogP contribution is 2.32. The van der Waals surface area contributed by atoms with Gasteiger partial charge in [0.2, 0.25) is 17.6 Å². The molecule has 2 heterocycles. The molecule has 202 valence electrons. The normalized spacial score (nSPS) is 17.8. The Labute approximate surface area is 220 Å². The first-order chi connectivity index (χ1) is 17.2. The fourth-order valence-electron chi connectivity index (χ4n) is 3.85. The van der Waals surface area contributed by atoms with E-state index in [0.29, 0.717) is 5.56 Å². The van der Waals surface area contributed by atoms with Crippen molar-refractivity contribution in [3.8, 4) is 11.4 Å². The summed E-state index contributed by atoms with van der Waals surface area (Å²) in [6, 6.07) is 2.88. The van der Waals surface area contributed by atoms with Crippen molar-refractivity contribution in [2.45, 2.75) is 62.2 Å². The third-order valence-electron chi connectivity index (χ3n) is 5.57. The Morgan fingerprint density at radius 1 is 1.41 bits per heavy atom. The summed E-state index contributed by atoms with van der Waals surface area (Å²) in [6.45, 7) is 8.88. The van der Waals surface area contributed by atoms with Crippen LogP contribution >= 0.6 is 11.6 Å². The van der Waals surface area contributed by atoms with Crippen molar-refractivity contribution in [1.82, 2.24) is 20.4 Å². The van der Waals surface area contributed by atoms with E-state index in [1.165, 1.54) is 29.2 Å². The third kappa shape index (κ3) is 7.29. The molecule has 2 amide bonds. The molecular weight excluding hydrogens is 527 g/mol. The van der Waals surface area contributed by atoms with Crippen LogP contribution in [0, 0.1) is 0 Å². The van der Waals surface area contributed by atoms with Gasteiger partial charge in [-0.25, -0.2) is 17.6 Å². The number of rotatable bonds is 8. The lowest BCUT2D eigenvalue weighted by Crippen LogP contribution is -2.52. The fourth-order valence-corrected chi connectivity index (χ4v) is 4.82. The number of hydrogen-bond acceptors (Lipinski definition) is 8. The van der Waals surface area contributed by atoms with Crippen LogP contribution in [-0.2, 0) is 19.4 Å². The molecule has 1 aliphatic rings. The molecule has 1 aromatic carbocycles. The highest BCUT2D eigenvalue weighted by molar-refractivity contribution is 7.90. The van der Waals surface area contributed by atoms with Gasteiger partial charge in [0, 0.05) is 18.4 Å². The first kappa shape index (κ1) is 28.6. The maximum atomic E-state index is 13.9. The van der Waals surface area contributed by atoms with E-state index in [-0.39, 0.29) is 47.6 Å². The number of hydrogen-bond donors (Lipinski definition) is 1. The van der Waals surface area contributed by atoms with E-state index < -0.39 is 45.6 Å². The SMILES string of the molecule is C=CCC(c1nc(-c2ccc(S(C)(=O)=O)cc2Cl)no1)[C@H](NC(=O)OC(C)(C)C)C(=O)N1CC[C@H](F)C1. The van der Waals surface area contributed by atoms with Gasteiger partial charge in [0.25, 0.3) is 0 Å². The van der Waals surface area contributed by atoms with Crippen molar-refractivity contribution in [3.05, 3.63) is 41.8 Å². The summed E-state index contributed by atoms with van der Waals surface area (Å²) >= 11 is 6.29. The number of nitrogens with zero attached hydrogens (tertiary/aromatic N) is 3. The van der Waals surface area contributed by atoms with E-state index in [1.807, 2.05) is 0 Å². The summed E-state index contributed by atoms with van der Waals surface area (Å²) in [6.07, 6.45) is 0.948. The zero-order valence-corrected chi connectivity index (χ0v) is 22.6. The van der Waals surface area contributed by atoms with Crippen molar-refractivity contribution in [2.75, 3.05) is 19.3 Å². The number of nitrogens with one attached hydrogen (secondary N) is 1. The summed E-state index contributed by atoms with van der Waals surface area (Å²) in [5, 5.41) is 6.62. The summed E-state index contributed by atoms with van der Waals surface area (Å²) in [5.41, 5.74) is -0.514. The van der Waals surface area contributed by atoms with Crippen LogP contribution in [0.4, 0.5) is 9.18 Å². The first-order valence-electron chi connectivity index (χ1n) is 11.6. The first-order valence-corrected chi connectivity index (χ1v) is 13.8. The fraction of sp³-hybridized carbons (Fsp3) is 0.500.